The Kier molecular flexibility index (Phi) is 6.54. The second-order valence-electron chi connectivity index (χ2n) is 7.65. The third kappa shape index (κ3) is 4.58. The Morgan fingerprint density at radius 1 is 1.19 bits per heavy atom. The van der Waals surface area contributed by atoms with E-state index in [-0.39, 0.29) is 24.1 Å². The first-order valence-electron chi connectivity index (χ1n) is 10.5. The lowest BCUT2D eigenvalue weighted by Crippen LogP contribution is -2.29. The summed E-state index contributed by atoms with van der Waals surface area (Å²) in [6.07, 6.45) is 3.28. The number of pyridine rings is 1. The summed E-state index contributed by atoms with van der Waals surface area (Å²) in [5.41, 5.74) is 3.28. The van der Waals surface area contributed by atoms with Crippen LogP contribution < -0.4 is 4.74 Å². The van der Waals surface area contributed by atoms with Crippen LogP contribution in [0.15, 0.2) is 60.8 Å². The van der Waals surface area contributed by atoms with Crippen LogP contribution in [0.2, 0.25) is 5.02 Å². The number of ether oxygens (including phenoxy) is 1. The largest absolute Gasteiger partial charge is 0.457 e. The number of amides is 1. The Morgan fingerprint density at radius 2 is 2.03 bits per heavy atom. The summed E-state index contributed by atoms with van der Waals surface area (Å²) in [4.78, 5) is 18.7. The molecule has 1 fully saturated rings. The molecule has 1 aromatic heterocycles. The van der Waals surface area contributed by atoms with E-state index in [4.69, 9.17) is 16.3 Å². The predicted molar refractivity (Wildman–Crippen MR) is 121 cm³/mol. The molecule has 1 amide bonds. The van der Waals surface area contributed by atoms with Crippen molar-refractivity contribution in [2.24, 2.45) is 0 Å². The molecule has 0 bridgehead atoms. The first-order chi connectivity index (χ1) is 15.1. The Morgan fingerprint density at radius 3 is 2.81 bits per heavy atom. The predicted octanol–water partition coefficient (Wildman–Crippen LogP) is 5.21. The van der Waals surface area contributed by atoms with E-state index < -0.39 is 0 Å². The number of likely N-dealkylation sites (tertiary alicyclic amines) is 1. The van der Waals surface area contributed by atoms with E-state index in [0.717, 1.165) is 35.3 Å². The van der Waals surface area contributed by atoms with Gasteiger partial charge < -0.3 is 14.7 Å². The molecule has 1 aliphatic heterocycles. The summed E-state index contributed by atoms with van der Waals surface area (Å²) in [6, 6.07) is 17.2. The number of hydrogen-bond acceptors (Lipinski definition) is 4. The highest BCUT2D eigenvalue weighted by Gasteiger charge is 2.30. The van der Waals surface area contributed by atoms with Gasteiger partial charge in [-0.3, -0.25) is 4.79 Å². The van der Waals surface area contributed by atoms with Gasteiger partial charge in [0.1, 0.15) is 17.2 Å². The summed E-state index contributed by atoms with van der Waals surface area (Å²) < 4.78 is 6.09. The molecule has 4 rings (SSSR count). The number of carbonyl (C=O) groups excluding carboxylic acids is 1. The minimum atomic E-state index is -0.158. The normalized spacial score (nSPS) is 15.8. The molecule has 5 nitrogen and oxygen atoms in total. The molecule has 1 aliphatic rings. The van der Waals surface area contributed by atoms with E-state index in [2.05, 4.69) is 18.0 Å². The van der Waals surface area contributed by atoms with Gasteiger partial charge in [0.2, 0.25) is 0 Å². The van der Waals surface area contributed by atoms with Crippen molar-refractivity contribution in [1.29, 1.82) is 0 Å². The molecule has 1 saturated heterocycles. The molecule has 2 aromatic carbocycles. The van der Waals surface area contributed by atoms with Crippen LogP contribution in [-0.2, 0) is 13.0 Å². The van der Waals surface area contributed by atoms with Crippen LogP contribution in [0.4, 0.5) is 0 Å². The number of aryl methyl sites for hydroxylation is 1. The van der Waals surface area contributed by atoms with E-state index in [0.29, 0.717) is 23.9 Å². The molecule has 31 heavy (non-hydrogen) atoms. The first-order valence-corrected chi connectivity index (χ1v) is 10.9. The van der Waals surface area contributed by atoms with Gasteiger partial charge in [0.05, 0.1) is 11.6 Å². The summed E-state index contributed by atoms with van der Waals surface area (Å²) >= 11 is 6.15. The monoisotopic (exact) mass is 436 g/mol. The molecular formula is C25H25ClN2O3. The van der Waals surface area contributed by atoms with Crippen molar-refractivity contribution in [2.45, 2.75) is 32.3 Å². The Balaban J connectivity index is 1.51. The number of benzene rings is 2. The molecule has 1 N–H and O–H groups in total. The van der Waals surface area contributed by atoms with Crippen molar-refractivity contribution in [2.75, 3.05) is 13.1 Å². The first kappa shape index (κ1) is 21.3. The lowest BCUT2D eigenvalue weighted by atomic mass is 9.93. The Bertz CT molecular complexity index is 1090. The zero-order chi connectivity index (χ0) is 21.8. The number of hydrogen-bond donors (Lipinski definition) is 1. The van der Waals surface area contributed by atoms with E-state index in [1.165, 1.54) is 0 Å². The third-order valence-corrected chi connectivity index (χ3v) is 6.05. The van der Waals surface area contributed by atoms with Gasteiger partial charge in [-0.1, -0.05) is 42.8 Å². The van der Waals surface area contributed by atoms with Gasteiger partial charge >= 0.3 is 0 Å². The maximum Gasteiger partial charge on any atom is 0.274 e. The second kappa shape index (κ2) is 9.50. The molecule has 1 atom stereocenters. The van der Waals surface area contributed by atoms with Crippen molar-refractivity contribution in [3.63, 3.8) is 0 Å². The summed E-state index contributed by atoms with van der Waals surface area (Å²) in [7, 11) is 0. The zero-order valence-corrected chi connectivity index (χ0v) is 18.2. The van der Waals surface area contributed by atoms with Crippen molar-refractivity contribution in [3.05, 3.63) is 88.2 Å². The Hall–Kier alpha value is -2.89. The maximum absolute atomic E-state index is 12.8. The molecule has 2 heterocycles. The minimum absolute atomic E-state index is 0.0848. The fraction of sp³-hybridized carbons (Fsp3) is 0.280. The highest BCUT2D eigenvalue weighted by molar-refractivity contribution is 6.33. The number of carbonyl (C=O) groups is 1. The van der Waals surface area contributed by atoms with Crippen LogP contribution in [0.25, 0.3) is 0 Å². The number of nitrogens with zero attached hydrogens (tertiary/aromatic N) is 2. The third-order valence-electron chi connectivity index (χ3n) is 5.74. The quantitative estimate of drug-likeness (QED) is 0.576. The van der Waals surface area contributed by atoms with Crippen molar-refractivity contribution in [1.82, 2.24) is 9.88 Å². The molecule has 3 aromatic rings. The molecular weight excluding hydrogens is 412 g/mol. The number of aromatic nitrogens is 1. The van der Waals surface area contributed by atoms with Crippen molar-refractivity contribution >= 4 is 17.5 Å². The summed E-state index contributed by atoms with van der Waals surface area (Å²) in [6.45, 7) is 3.20. The van der Waals surface area contributed by atoms with E-state index >= 15 is 0 Å². The lowest BCUT2D eigenvalue weighted by Gasteiger charge is -2.19. The molecule has 6 heteroatoms. The van der Waals surface area contributed by atoms with E-state index in [1.807, 2.05) is 36.4 Å². The Labute approximate surface area is 187 Å². The van der Waals surface area contributed by atoms with Gasteiger partial charge in [-0.2, -0.15) is 0 Å². The SMILES string of the molecule is CCc1ccccc1Oc1ccc(C2CCN(C(=O)c3ncccc3Cl)C2)c(CO)c1. The van der Waals surface area contributed by atoms with Crippen LogP contribution in [-0.4, -0.2) is 34.0 Å². The highest BCUT2D eigenvalue weighted by Crippen LogP contribution is 2.34. The van der Waals surface area contributed by atoms with Gasteiger partial charge in [0.25, 0.3) is 5.91 Å². The van der Waals surface area contributed by atoms with Crippen LogP contribution in [0.5, 0.6) is 11.5 Å². The highest BCUT2D eigenvalue weighted by atomic mass is 35.5. The topological polar surface area (TPSA) is 62.7 Å². The lowest BCUT2D eigenvalue weighted by molar-refractivity contribution is 0.0785. The van der Waals surface area contributed by atoms with Gasteiger partial charge in [0, 0.05) is 25.2 Å². The van der Waals surface area contributed by atoms with E-state index in [1.54, 1.807) is 23.2 Å². The summed E-state index contributed by atoms with van der Waals surface area (Å²) in [5.74, 6) is 1.51. The van der Waals surface area contributed by atoms with Crippen molar-refractivity contribution < 1.29 is 14.6 Å². The number of aliphatic hydroxyl groups is 1. The standard InChI is InChI=1S/C25H25ClN2O3/c1-2-17-6-3-4-8-23(17)31-20-9-10-21(19(14-20)16-29)18-11-13-28(15-18)25(30)24-22(26)7-5-12-27-24/h3-10,12,14,18,29H,2,11,13,15-16H2,1H3. The van der Waals surface area contributed by atoms with E-state index in [9.17, 15) is 9.90 Å². The van der Waals surface area contributed by atoms with Crippen LogP contribution >= 0.6 is 11.6 Å². The number of para-hydroxylation sites is 1. The van der Waals surface area contributed by atoms with Crippen molar-refractivity contribution in [3.8, 4) is 11.5 Å². The van der Waals surface area contributed by atoms with Crippen LogP contribution in [0.3, 0.4) is 0 Å². The smallest absolute Gasteiger partial charge is 0.274 e. The average molecular weight is 437 g/mol. The van der Waals surface area contributed by atoms with Gasteiger partial charge in [-0.25, -0.2) is 4.98 Å². The minimum Gasteiger partial charge on any atom is -0.457 e. The van der Waals surface area contributed by atoms with Gasteiger partial charge in [-0.05, 0) is 59.9 Å². The number of aliphatic hydroxyl groups excluding tert-OH is 1. The summed E-state index contributed by atoms with van der Waals surface area (Å²) in [5, 5.41) is 10.4. The van der Waals surface area contributed by atoms with Gasteiger partial charge in [0.15, 0.2) is 0 Å². The van der Waals surface area contributed by atoms with Gasteiger partial charge in [-0.15, -0.1) is 0 Å². The molecule has 0 aliphatic carbocycles. The fourth-order valence-corrected chi connectivity index (χ4v) is 4.30. The average Bonchev–Trinajstić information content (AvgIpc) is 3.29. The molecule has 0 spiro atoms. The molecule has 0 radical (unpaired) electrons. The molecule has 160 valence electrons. The molecule has 1 unspecified atom stereocenters. The number of rotatable bonds is 6. The fourth-order valence-electron chi connectivity index (χ4n) is 4.09. The molecule has 0 saturated carbocycles. The van der Waals surface area contributed by atoms with Crippen LogP contribution in [0.1, 0.15) is 46.4 Å². The zero-order valence-electron chi connectivity index (χ0n) is 17.4. The number of halogens is 1. The maximum atomic E-state index is 12.8. The van der Waals surface area contributed by atoms with Crippen LogP contribution in [0, 0.1) is 0 Å². The second-order valence-corrected chi connectivity index (χ2v) is 8.06.